The van der Waals surface area contributed by atoms with Crippen molar-refractivity contribution in [3.05, 3.63) is 42.6 Å². The van der Waals surface area contributed by atoms with E-state index in [-0.39, 0.29) is 12.1 Å². The number of anilines is 1. The Labute approximate surface area is 157 Å². The number of benzene rings is 1. The number of ether oxygens (including phenoxy) is 1. The van der Waals surface area contributed by atoms with Gasteiger partial charge in [0.05, 0.1) is 24.9 Å². The van der Waals surface area contributed by atoms with Crippen molar-refractivity contribution in [2.75, 3.05) is 12.4 Å². The average molecular weight is 369 g/mol. The van der Waals surface area contributed by atoms with Crippen molar-refractivity contribution in [2.24, 2.45) is 7.05 Å². The summed E-state index contributed by atoms with van der Waals surface area (Å²) in [5, 5.41) is 14.3. The van der Waals surface area contributed by atoms with Crippen molar-refractivity contribution in [3.8, 4) is 16.9 Å². The number of nitrogens with one attached hydrogen (secondary N) is 2. The minimum atomic E-state index is -0.318. The van der Waals surface area contributed by atoms with E-state index in [1.54, 1.807) is 29.8 Å². The maximum absolute atomic E-state index is 12.5. The zero-order valence-corrected chi connectivity index (χ0v) is 15.8. The summed E-state index contributed by atoms with van der Waals surface area (Å²) in [7, 11) is 3.41. The topological polar surface area (TPSA) is 98.9 Å². The number of rotatable bonds is 6. The van der Waals surface area contributed by atoms with Crippen molar-refractivity contribution in [3.63, 3.8) is 0 Å². The van der Waals surface area contributed by atoms with E-state index in [0.717, 1.165) is 22.6 Å². The zero-order chi connectivity index (χ0) is 19.4. The Morgan fingerprint density at radius 3 is 2.81 bits per heavy atom. The van der Waals surface area contributed by atoms with Crippen LogP contribution in [0.3, 0.4) is 0 Å². The van der Waals surface area contributed by atoms with Crippen LogP contribution in [-0.2, 0) is 13.6 Å². The monoisotopic (exact) mass is 369 g/mol. The lowest BCUT2D eigenvalue weighted by molar-refractivity contribution is 0.247. The van der Waals surface area contributed by atoms with Crippen LogP contribution < -0.4 is 15.4 Å². The second-order valence-electron chi connectivity index (χ2n) is 6.25. The standard InChI is InChI=1S/C18H23N7O2/c1-12(9-25-11-19-10-20-25)21-18(26)22-17-16(13(2)23-24(17)3)14-7-5-6-8-15(14)27-4/h5-8,10-12H,9H2,1-4H3,(H2,21,22,26)/t12-/m1/s1. The molecule has 3 rings (SSSR count). The number of para-hydroxylation sites is 1. The molecular formula is C18H23N7O2. The Kier molecular flexibility index (Phi) is 5.39. The summed E-state index contributed by atoms with van der Waals surface area (Å²) in [5.74, 6) is 1.32. The van der Waals surface area contributed by atoms with Crippen LogP contribution in [0.5, 0.6) is 5.75 Å². The lowest BCUT2D eigenvalue weighted by atomic mass is 10.0. The maximum Gasteiger partial charge on any atom is 0.320 e. The van der Waals surface area contributed by atoms with E-state index in [0.29, 0.717) is 12.4 Å². The molecule has 1 atom stereocenters. The molecule has 0 bridgehead atoms. The fraction of sp³-hybridized carbons (Fsp3) is 0.333. The van der Waals surface area contributed by atoms with Gasteiger partial charge in [0.15, 0.2) is 0 Å². The number of methoxy groups -OCH3 is 1. The first-order chi connectivity index (χ1) is 13.0. The van der Waals surface area contributed by atoms with E-state index in [9.17, 15) is 4.79 Å². The van der Waals surface area contributed by atoms with Crippen molar-refractivity contribution in [1.29, 1.82) is 0 Å². The third-order valence-electron chi connectivity index (χ3n) is 4.14. The highest BCUT2D eigenvalue weighted by Gasteiger charge is 2.20. The van der Waals surface area contributed by atoms with Crippen molar-refractivity contribution in [1.82, 2.24) is 29.9 Å². The molecule has 2 N–H and O–H groups in total. The molecule has 0 radical (unpaired) electrons. The molecule has 142 valence electrons. The van der Waals surface area contributed by atoms with Gasteiger partial charge in [-0.2, -0.15) is 10.2 Å². The number of carbonyl (C=O) groups is 1. The average Bonchev–Trinajstić information content (AvgIpc) is 3.23. The number of hydrogen-bond acceptors (Lipinski definition) is 5. The molecule has 9 nitrogen and oxygen atoms in total. The number of urea groups is 1. The fourth-order valence-corrected chi connectivity index (χ4v) is 3.00. The minimum absolute atomic E-state index is 0.129. The largest absolute Gasteiger partial charge is 0.496 e. The van der Waals surface area contributed by atoms with Crippen molar-refractivity contribution < 1.29 is 9.53 Å². The second-order valence-corrected chi connectivity index (χ2v) is 6.25. The summed E-state index contributed by atoms with van der Waals surface area (Å²) >= 11 is 0. The second kappa shape index (κ2) is 7.90. The molecule has 0 saturated heterocycles. The summed E-state index contributed by atoms with van der Waals surface area (Å²) in [4.78, 5) is 16.4. The van der Waals surface area contributed by atoms with Crippen LogP contribution in [-0.4, -0.2) is 43.7 Å². The van der Waals surface area contributed by atoms with E-state index in [2.05, 4.69) is 25.8 Å². The molecule has 2 aromatic heterocycles. The van der Waals surface area contributed by atoms with Gasteiger partial charge in [-0.05, 0) is 19.9 Å². The van der Waals surface area contributed by atoms with Crippen LogP contribution in [0.2, 0.25) is 0 Å². The highest BCUT2D eigenvalue weighted by molar-refractivity contribution is 5.94. The third kappa shape index (κ3) is 4.08. The van der Waals surface area contributed by atoms with Gasteiger partial charge >= 0.3 is 6.03 Å². The van der Waals surface area contributed by atoms with Gasteiger partial charge in [-0.25, -0.2) is 9.78 Å². The van der Waals surface area contributed by atoms with Crippen molar-refractivity contribution in [2.45, 2.75) is 26.4 Å². The fourth-order valence-electron chi connectivity index (χ4n) is 3.00. The van der Waals surface area contributed by atoms with E-state index in [1.807, 2.05) is 38.1 Å². The Hall–Kier alpha value is -3.36. The highest BCUT2D eigenvalue weighted by atomic mass is 16.5. The number of aromatic nitrogens is 5. The molecule has 27 heavy (non-hydrogen) atoms. The van der Waals surface area contributed by atoms with Crippen LogP contribution in [0.4, 0.5) is 10.6 Å². The van der Waals surface area contributed by atoms with E-state index in [1.165, 1.54) is 6.33 Å². The van der Waals surface area contributed by atoms with Crippen molar-refractivity contribution >= 4 is 11.8 Å². The molecule has 2 heterocycles. The molecule has 0 unspecified atom stereocenters. The molecular weight excluding hydrogens is 346 g/mol. The Bertz CT molecular complexity index is 918. The molecule has 0 saturated carbocycles. The predicted molar refractivity (Wildman–Crippen MR) is 102 cm³/mol. The molecule has 0 aliphatic heterocycles. The number of carbonyl (C=O) groups excluding carboxylic acids is 1. The summed E-state index contributed by atoms with van der Waals surface area (Å²) in [6.45, 7) is 4.33. The Morgan fingerprint density at radius 2 is 2.11 bits per heavy atom. The number of aryl methyl sites for hydroxylation is 2. The van der Waals surface area contributed by atoms with Gasteiger partial charge < -0.3 is 10.1 Å². The van der Waals surface area contributed by atoms with Gasteiger partial charge in [-0.15, -0.1) is 0 Å². The first-order valence-electron chi connectivity index (χ1n) is 8.56. The molecule has 0 aliphatic carbocycles. The summed E-state index contributed by atoms with van der Waals surface area (Å²) < 4.78 is 8.78. The molecule has 3 aromatic rings. The van der Waals surface area contributed by atoms with Crippen LogP contribution >= 0.6 is 0 Å². The minimum Gasteiger partial charge on any atom is -0.496 e. The van der Waals surface area contributed by atoms with Crippen LogP contribution in [0.1, 0.15) is 12.6 Å². The molecule has 0 aliphatic rings. The van der Waals surface area contributed by atoms with E-state index in [4.69, 9.17) is 4.74 Å². The van der Waals surface area contributed by atoms with Gasteiger partial charge in [0.1, 0.15) is 24.2 Å². The molecule has 1 aromatic carbocycles. The molecule has 0 fully saturated rings. The highest BCUT2D eigenvalue weighted by Crippen LogP contribution is 2.36. The van der Waals surface area contributed by atoms with E-state index >= 15 is 0 Å². The molecule has 0 spiro atoms. The maximum atomic E-state index is 12.5. The lowest BCUT2D eigenvalue weighted by Crippen LogP contribution is -2.39. The quantitative estimate of drug-likeness (QED) is 0.694. The van der Waals surface area contributed by atoms with E-state index < -0.39 is 0 Å². The van der Waals surface area contributed by atoms with Crippen LogP contribution in [0.15, 0.2) is 36.9 Å². The van der Waals surface area contributed by atoms with Gasteiger partial charge in [-0.3, -0.25) is 14.7 Å². The number of amides is 2. The lowest BCUT2D eigenvalue weighted by Gasteiger charge is -2.16. The SMILES string of the molecule is COc1ccccc1-c1c(C)nn(C)c1NC(=O)N[C@H](C)Cn1cncn1. The third-order valence-corrected chi connectivity index (χ3v) is 4.14. The normalized spacial score (nSPS) is 11.9. The van der Waals surface area contributed by atoms with Gasteiger partial charge in [-0.1, -0.05) is 18.2 Å². The molecule has 9 heteroatoms. The number of nitrogens with zero attached hydrogens (tertiary/aromatic N) is 5. The Balaban J connectivity index is 1.80. The predicted octanol–water partition coefficient (Wildman–Crippen LogP) is 2.21. The zero-order valence-electron chi connectivity index (χ0n) is 15.8. The van der Waals surface area contributed by atoms with Crippen LogP contribution in [0.25, 0.3) is 11.1 Å². The van der Waals surface area contributed by atoms with Gasteiger partial charge in [0.2, 0.25) is 0 Å². The summed E-state index contributed by atoms with van der Waals surface area (Å²) in [5.41, 5.74) is 2.50. The molecule has 2 amide bonds. The first-order valence-corrected chi connectivity index (χ1v) is 8.56. The summed E-state index contributed by atoms with van der Waals surface area (Å²) in [6, 6.07) is 7.21. The summed E-state index contributed by atoms with van der Waals surface area (Å²) in [6.07, 6.45) is 3.07. The van der Waals surface area contributed by atoms with Gasteiger partial charge in [0.25, 0.3) is 0 Å². The smallest absolute Gasteiger partial charge is 0.320 e. The van der Waals surface area contributed by atoms with Crippen LogP contribution in [0, 0.1) is 6.92 Å². The first kappa shape index (κ1) is 18.4. The van der Waals surface area contributed by atoms with Gasteiger partial charge in [0, 0.05) is 18.7 Å². The Morgan fingerprint density at radius 1 is 1.33 bits per heavy atom. The number of hydrogen-bond donors (Lipinski definition) is 2.